The van der Waals surface area contributed by atoms with E-state index in [2.05, 4.69) is 16.6 Å². The summed E-state index contributed by atoms with van der Waals surface area (Å²) in [7, 11) is 0. The standard InChI is InChI=1S/C61H42N8O12S2/c1-34-43(28-62)54(70)68(60(76)80-32-40-21-13-7-14-22-40)56(72)50(34)64-48-26-46-52(82-48)36(3)45(67(46)59(75)79-31-39-19-11-6-12-20-39)25-42-37(4)66(58(74)78-30-38-17-9-5-10-18-38)47-27-49(83-53(42)47)65-51-35(2)44(29-63)55(71)69(57(51)73)61(77)81-33-41-23-15-8-16-24-41/h5-27H,3,30-33H2,1-2,4H3/b45-25+,64-50?,65-51?. The minimum absolute atomic E-state index is 0.0873. The van der Waals surface area contributed by atoms with Gasteiger partial charge in [0.05, 0.1) is 25.8 Å². The first-order valence-electron chi connectivity index (χ1n) is 25.1. The number of nitriles is 2. The number of hydrogen-bond acceptors (Lipinski definition) is 18. The molecule has 20 nitrogen and oxygen atoms in total. The van der Waals surface area contributed by atoms with Crippen molar-refractivity contribution in [1.82, 2.24) is 18.9 Å². The van der Waals surface area contributed by atoms with Gasteiger partial charge in [-0.05, 0) is 61.2 Å². The number of carbonyl (C=O) groups is 8. The molecule has 0 spiro atoms. The first-order chi connectivity index (χ1) is 40.1. The first kappa shape index (κ1) is 55.4. The molecule has 0 unspecified atom stereocenters. The number of nitrogens with zero attached hydrogens (tertiary/aromatic N) is 8. The Morgan fingerprint density at radius 2 is 0.867 bits per heavy atom. The molecular weight excluding hydrogens is 1100 g/mol. The molecule has 6 heterocycles. The number of benzene rings is 4. The maximum Gasteiger partial charge on any atom is 0.424 e. The summed E-state index contributed by atoms with van der Waals surface area (Å²) in [6.45, 7) is 7.85. The van der Waals surface area contributed by atoms with Crippen LogP contribution in [0.1, 0.15) is 47.4 Å². The Labute approximate surface area is 478 Å². The summed E-state index contributed by atoms with van der Waals surface area (Å²) in [5.74, 6) is -4.70. The molecule has 10 rings (SSSR count). The van der Waals surface area contributed by atoms with E-state index in [-0.39, 0.29) is 79.0 Å². The molecule has 0 atom stereocenters. The van der Waals surface area contributed by atoms with E-state index in [4.69, 9.17) is 18.9 Å². The predicted octanol–water partition coefficient (Wildman–Crippen LogP) is 9.87. The Balaban J connectivity index is 1.10. The van der Waals surface area contributed by atoms with Gasteiger partial charge in [-0.15, -0.1) is 22.7 Å². The Bertz CT molecular complexity index is 4410. The zero-order valence-corrected chi connectivity index (χ0v) is 45.7. The zero-order valence-electron chi connectivity index (χ0n) is 44.1. The van der Waals surface area contributed by atoms with Gasteiger partial charge >= 0.3 is 24.4 Å². The lowest BCUT2D eigenvalue weighted by atomic mass is 9.99. The minimum Gasteiger partial charge on any atom is -0.444 e. The van der Waals surface area contributed by atoms with Gasteiger partial charge in [-0.2, -0.15) is 20.3 Å². The highest BCUT2D eigenvalue weighted by Crippen LogP contribution is 2.40. The van der Waals surface area contributed by atoms with Crippen LogP contribution < -0.4 is 10.6 Å². The van der Waals surface area contributed by atoms with Gasteiger partial charge in [0, 0.05) is 27.6 Å². The Morgan fingerprint density at radius 3 is 1.25 bits per heavy atom. The fourth-order valence-corrected chi connectivity index (χ4v) is 11.1. The smallest absolute Gasteiger partial charge is 0.424 e. The van der Waals surface area contributed by atoms with E-state index in [0.29, 0.717) is 42.9 Å². The van der Waals surface area contributed by atoms with Gasteiger partial charge in [-0.3, -0.25) is 19.2 Å². The summed E-state index contributed by atoms with van der Waals surface area (Å²) in [6, 6.07) is 41.4. The third-order valence-corrected chi connectivity index (χ3v) is 15.4. The molecule has 8 aromatic rings. The van der Waals surface area contributed by atoms with Gasteiger partial charge in [0.2, 0.25) is 0 Å². The van der Waals surface area contributed by atoms with Gasteiger partial charge in [0.25, 0.3) is 23.6 Å². The van der Waals surface area contributed by atoms with Crippen molar-refractivity contribution in [2.45, 2.75) is 47.2 Å². The third kappa shape index (κ3) is 10.8. The summed E-state index contributed by atoms with van der Waals surface area (Å²) in [5.41, 5.74) is 1.48. The average molecular weight is 1140 g/mol. The molecule has 0 saturated carbocycles. The molecule has 410 valence electrons. The fraction of sp³-hybridized carbons (Fsp3) is 0.115. The lowest BCUT2D eigenvalue weighted by Crippen LogP contribution is -2.50. The zero-order chi connectivity index (χ0) is 58.6. The number of fused-ring (bicyclic) bond motifs is 2. The van der Waals surface area contributed by atoms with Crippen molar-refractivity contribution in [3.8, 4) is 12.1 Å². The Morgan fingerprint density at radius 1 is 0.518 bits per heavy atom. The SMILES string of the molecule is C=c1/c(=C\c2c(C)n(C(=O)OCc3ccccc3)c3cc(N=C4C(=O)N(C(=O)OCc5ccccc5)C(=O)C(C#N)=C4C)sc23)n(C(=O)OCc2ccccc2)c2cc(N=C3C(=O)N(C(=O)OCc4ccccc4)C(=O)C(C#N)=C3C)sc12. The molecule has 0 N–H and O–H groups in total. The molecule has 4 aromatic carbocycles. The maximum atomic E-state index is 14.6. The van der Waals surface area contributed by atoms with Crippen LogP contribution >= 0.6 is 22.7 Å². The quantitative estimate of drug-likeness (QED) is 0.0862. The second-order valence-electron chi connectivity index (χ2n) is 18.5. The van der Waals surface area contributed by atoms with Crippen LogP contribution in [0.4, 0.5) is 29.2 Å². The second-order valence-corrected chi connectivity index (χ2v) is 20.5. The van der Waals surface area contributed by atoms with Crippen LogP contribution in [-0.4, -0.2) is 78.4 Å². The molecule has 2 aliphatic heterocycles. The number of thiophene rings is 2. The number of ether oxygens (including phenoxy) is 4. The summed E-state index contributed by atoms with van der Waals surface area (Å²) in [5, 5.41) is 20.8. The van der Waals surface area contributed by atoms with E-state index in [9.17, 15) is 48.9 Å². The van der Waals surface area contributed by atoms with E-state index in [1.807, 2.05) is 6.07 Å². The number of carbonyl (C=O) groups excluding carboxylic acids is 8. The number of imide groups is 6. The first-order valence-corrected chi connectivity index (χ1v) is 26.7. The molecule has 2 aliphatic rings. The number of aliphatic imine (C=N–C) groups is 2. The normalized spacial score (nSPS) is 14.9. The van der Waals surface area contributed by atoms with Crippen molar-refractivity contribution < 1.29 is 57.3 Å². The van der Waals surface area contributed by atoms with Crippen LogP contribution in [0.25, 0.3) is 33.1 Å². The van der Waals surface area contributed by atoms with E-state index < -0.39 is 70.6 Å². The fourth-order valence-electron chi connectivity index (χ4n) is 9.04. The maximum absolute atomic E-state index is 14.6. The number of aromatic nitrogens is 2. The largest absolute Gasteiger partial charge is 0.444 e. The van der Waals surface area contributed by atoms with Crippen LogP contribution in [-0.2, 0) is 64.6 Å². The summed E-state index contributed by atoms with van der Waals surface area (Å²) < 4.78 is 25.7. The van der Waals surface area contributed by atoms with Crippen molar-refractivity contribution in [1.29, 1.82) is 10.5 Å². The van der Waals surface area contributed by atoms with Gasteiger partial charge in [-0.25, -0.2) is 38.3 Å². The highest BCUT2D eigenvalue weighted by atomic mass is 32.1. The van der Waals surface area contributed by atoms with Crippen molar-refractivity contribution >= 4 is 125 Å². The van der Waals surface area contributed by atoms with E-state index in [1.54, 1.807) is 140 Å². The van der Waals surface area contributed by atoms with Crippen LogP contribution in [0, 0.1) is 29.6 Å². The number of amides is 6. The molecule has 4 aromatic heterocycles. The van der Waals surface area contributed by atoms with Crippen LogP contribution in [0.2, 0.25) is 0 Å². The molecular formula is C61H42N8O12S2. The predicted molar refractivity (Wildman–Crippen MR) is 305 cm³/mol. The van der Waals surface area contributed by atoms with Crippen LogP contribution in [0.3, 0.4) is 0 Å². The molecule has 22 heteroatoms. The van der Waals surface area contributed by atoms with E-state index in [0.717, 1.165) is 22.7 Å². The summed E-state index contributed by atoms with van der Waals surface area (Å²) >= 11 is 1.98. The molecule has 0 aliphatic carbocycles. The van der Waals surface area contributed by atoms with Crippen molar-refractivity contribution in [2.24, 2.45) is 9.98 Å². The van der Waals surface area contributed by atoms with Gasteiger partial charge in [0.1, 0.15) is 71.1 Å². The van der Waals surface area contributed by atoms with E-state index >= 15 is 0 Å². The number of hydrogen-bond donors (Lipinski definition) is 0. The van der Waals surface area contributed by atoms with Gasteiger partial charge in [0.15, 0.2) is 0 Å². The highest BCUT2D eigenvalue weighted by Gasteiger charge is 2.43. The van der Waals surface area contributed by atoms with Gasteiger partial charge < -0.3 is 18.9 Å². The van der Waals surface area contributed by atoms with Crippen LogP contribution in [0.5, 0.6) is 0 Å². The third-order valence-electron chi connectivity index (χ3n) is 13.3. The topological polar surface area (TPSA) is 262 Å². The number of rotatable bonds is 11. The lowest BCUT2D eigenvalue weighted by Gasteiger charge is -2.24. The Kier molecular flexibility index (Phi) is 15.6. The van der Waals surface area contributed by atoms with Crippen molar-refractivity contribution in [3.63, 3.8) is 0 Å². The summed E-state index contributed by atoms with van der Waals surface area (Å²) in [4.78, 5) is 121. The van der Waals surface area contributed by atoms with E-state index in [1.165, 1.54) is 35.1 Å². The summed E-state index contributed by atoms with van der Waals surface area (Å²) in [6.07, 6.45) is -2.74. The lowest BCUT2D eigenvalue weighted by molar-refractivity contribution is -0.138. The molecule has 0 radical (unpaired) electrons. The Hall–Kier alpha value is -10.9. The second kappa shape index (κ2) is 23.4. The van der Waals surface area contributed by atoms with Crippen molar-refractivity contribution in [2.75, 3.05) is 0 Å². The highest BCUT2D eigenvalue weighted by molar-refractivity contribution is 7.23. The average Bonchev–Trinajstić information content (AvgIpc) is 4.22. The minimum atomic E-state index is -1.33. The molecule has 83 heavy (non-hydrogen) atoms. The van der Waals surface area contributed by atoms with Crippen molar-refractivity contribution in [3.05, 3.63) is 200 Å². The van der Waals surface area contributed by atoms with Crippen LogP contribution in [0.15, 0.2) is 166 Å². The molecule has 0 bridgehead atoms. The monoisotopic (exact) mass is 1140 g/mol. The van der Waals surface area contributed by atoms with Gasteiger partial charge in [-0.1, -0.05) is 128 Å². The molecule has 0 fully saturated rings. The molecule has 0 saturated heterocycles. The molecule has 6 amide bonds.